The van der Waals surface area contributed by atoms with Crippen LogP contribution in [0.1, 0.15) is 49.4 Å². The van der Waals surface area contributed by atoms with Gasteiger partial charge in [0.2, 0.25) is 0 Å². The Labute approximate surface area is 287 Å². The van der Waals surface area contributed by atoms with Crippen LogP contribution in [0.25, 0.3) is 39.7 Å². The third kappa shape index (κ3) is 5.27. The molecule has 0 saturated heterocycles. The summed E-state index contributed by atoms with van der Waals surface area (Å²) in [6.07, 6.45) is 4.54. The molecule has 1 heterocycles. The summed E-state index contributed by atoms with van der Waals surface area (Å²) in [6.45, 7) is 6.27. The lowest BCUT2D eigenvalue weighted by atomic mass is 9.65. The number of allylic oxidation sites excluding steroid dienone is 4. The van der Waals surface area contributed by atoms with Gasteiger partial charge in [-0.3, -0.25) is 0 Å². The Kier molecular flexibility index (Phi) is 7.58. The largest absolute Gasteiger partial charge is 0.465 e. The fourth-order valence-corrected chi connectivity index (χ4v) is 7.62. The van der Waals surface area contributed by atoms with Gasteiger partial charge in [-0.15, -0.1) is 0 Å². The highest BCUT2D eigenvalue weighted by Gasteiger charge is 2.45. The van der Waals surface area contributed by atoms with E-state index in [1.165, 1.54) is 22.3 Å². The van der Waals surface area contributed by atoms with Crippen LogP contribution in [0.5, 0.6) is 5.75 Å². The number of benzene rings is 5. The van der Waals surface area contributed by atoms with E-state index in [4.69, 9.17) is 19.7 Å². The van der Waals surface area contributed by atoms with Crippen molar-refractivity contribution in [2.45, 2.75) is 44.3 Å². The third-order valence-electron chi connectivity index (χ3n) is 9.89. The molecule has 0 fully saturated rings. The first-order valence-corrected chi connectivity index (χ1v) is 16.8. The van der Waals surface area contributed by atoms with E-state index in [1.54, 1.807) is 6.92 Å². The van der Waals surface area contributed by atoms with Crippen molar-refractivity contribution >= 4 is 5.57 Å². The SMILES string of the molecule is CC(O)Oc1ccccc1C1(c2ccccc2-c2nc(-c3ccccc3)nc(-c3ccccc3)n2)C=C2C(=CC1)C(C)(C)c1ccccc12. The zero-order valence-corrected chi connectivity index (χ0v) is 27.8. The first kappa shape index (κ1) is 30.7. The monoisotopic (exact) mass is 639 g/mol. The Morgan fingerprint density at radius 1 is 0.592 bits per heavy atom. The van der Waals surface area contributed by atoms with Crippen LogP contribution in [0.2, 0.25) is 0 Å². The molecule has 8 rings (SSSR count). The molecule has 49 heavy (non-hydrogen) atoms. The Hall–Kier alpha value is -5.65. The third-order valence-corrected chi connectivity index (χ3v) is 9.89. The Morgan fingerprint density at radius 3 is 1.73 bits per heavy atom. The van der Waals surface area contributed by atoms with Gasteiger partial charge in [-0.1, -0.05) is 153 Å². The van der Waals surface area contributed by atoms with Gasteiger partial charge in [0, 0.05) is 33.1 Å². The van der Waals surface area contributed by atoms with Gasteiger partial charge in [0.25, 0.3) is 0 Å². The minimum absolute atomic E-state index is 0.132. The van der Waals surface area contributed by atoms with Crippen molar-refractivity contribution in [1.29, 1.82) is 0 Å². The summed E-state index contributed by atoms with van der Waals surface area (Å²) in [5.41, 5.74) is 9.06. The van der Waals surface area contributed by atoms with E-state index in [1.807, 2.05) is 84.9 Å². The van der Waals surface area contributed by atoms with Crippen LogP contribution in [0, 0.1) is 0 Å². The zero-order valence-electron chi connectivity index (χ0n) is 27.8. The molecule has 1 N–H and O–H groups in total. The fraction of sp³-hybridized carbons (Fsp3) is 0.159. The van der Waals surface area contributed by atoms with Crippen LogP contribution in [0.4, 0.5) is 0 Å². The number of hydrogen-bond acceptors (Lipinski definition) is 5. The molecule has 2 aliphatic rings. The summed E-state index contributed by atoms with van der Waals surface area (Å²) in [5, 5.41) is 10.5. The average molecular weight is 640 g/mol. The number of nitrogens with zero attached hydrogens (tertiary/aromatic N) is 3. The van der Waals surface area contributed by atoms with Crippen molar-refractivity contribution in [2.75, 3.05) is 0 Å². The van der Waals surface area contributed by atoms with E-state index in [0.29, 0.717) is 29.6 Å². The predicted octanol–water partition coefficient (Wildman–Crippen LogP) is 9.58. The van der Waals surface area contributed by atoms with Crippen molar-refractivity contribution in [3.63, 3.8) is 0 Å². The van der Waals surface area contributed by atoms with E-state index < -0.39 is 11.7 Å². The molecular weight excluding hydrogens is 603 g/mol. The number of ether oxygens (including phenoxy) is 1. The second-order valence-corrected chi connectivity index (χ2v) is 13.3. The normalized spacial score (nSPS) is 18.1. The Balaban J connectivity index is 1.41. The second kappa shape index (κ2) is 12.1. The quantitative estimate of drug-likeness (QED) is 0.176. The maximum atomic E-state index is 10.5. The summed E-state index contributed by atoms with van der Waals surface area (Å²) in [4.78, 5) is 15.2. The molecule has 0 saturated carbocycles. The first-order valence-electron chi connectivity index (χ1n) is 16.8. The van der Waals surface area contributed by atoms with Gasteiger partial charge in [0.05, 0.1) is 0 Å². The van der Waals surface area contributed by atoms with Crippen molar-refractivity contribution in [3.05, 3.63) is 173 Å². The first-order chi connectivity index (χ1) is 23.8. The highest BCUT2D eigenvalue weighted by atomic mass is 16.6. The molecule has 240 valence electrons. The lowest BCUT2D eigenvalue weighted by molar-refractivity contribution is -0.00140. The summed E-state index contributed by atoms with van der Waals surface area (Å²) in [5.74, 6) is 2.46. The second-order valence-electron chi connectivity index (χ2n) is 13.3. The van der Waals surface area contributed by atoms with Crippen molar-refractivity contribution in [2.24, 2.45) is 0 Å². The molecule has 5 heteroatoms. The van der Waals surface area contributed by atoms with Crippen LogP contribution in [-0.4, -0.2) is 26.3 Å². The van der Waals surface area contributed by atoms with Gasteiger partial charge in [-0.25, -0.2) is 15.0 Å². The zero-order chi connectivity index (χ0) is 33.6. The van der Waals surface area contributed by atoms with Crippen LogP contribution >= 0.6 is 0 Å². The fourth-order valence-electron chi connectivity index (χ4n) is 7.62. The smallest absolute Gasteiger partial charge is 0.194 e. The lowest BCUT2D eigenvalue weighted by Crippen LogP contribution is -2.30. The van der Waals surface area contributed by atoms with E-state index in [0.717, 1.165) is 27.8 Å². The topological polar surface area (TPSA) is 68.1 Å². The van der Waals surface area contributed by atoms with Gasteiger partial charge < -0.3 is 9.84 Å². The number of aromatic nitrogens is 3. The molecule has 1 aromatic heterocycles. The maximum absolute atomic E-state index is 10.5. The van der Waals surface area contributed by atoms with Crippen molar-refractivity contribution in [3.8, 4) is 39.9 Å². The van der Waals surface area contributed by atoms with Crippen LogP contribution < -0.4 is 4.74 Å². The number of rotatable bonds is 7. The van der Waals surface area contributed by atoms with Gasteiger partial charge >= 0.3 is 0 Å². The number of hydrogen-bond donors (Lipinski definition) is 1. The van der Waals surface area contributed by atoms with Crippen LogP contribution in [0.3, 0.4) is 0 Å². The minimum atomic E-state index is -0.979. The maximum Gasteiger partial charge on any atom is 0.194 e. The van der Waals surface area contributed by atoms with E-state index in [2.05, 4.69) is 74.5 Å². The highest BCUT2D eigenvalue weighted by molar-refractivity contribution is 5.92. The molecule has 0 aliphatic heterocycles. The molecule has 0 radical (unpaired) electrons. The molecule has 2 aliphatic carbocycles. The summed E-state index contributed by atoms with van der Waals surface area (Å²) in [6, 6.07) is 45.3. The van der Waals surface area contributed by atoms with E-state index >= 15 is 0 Å². The molecule has 5 nitrogen and oxygen atoms in total. The standard InChI is InChI=1S/C44H37N3O2/c1-29(48)49-39-25-15-14-24-38(39)44(27-26-36-34(28-44)32-20-10-12-22-35(32)43(36,2)3)37-23-13-11-21-33(37)42-46-40(30-16-6-4-7-17-30)45-41(47-42)31-18-8-5-9-19-31/h4-26,28-29,48H,27H2,1-3H3. The van der Waals surface area contributed by atoms with Gasteiger partial charge in [0.1, 0.15) is 5.75 Å². The molecule has 0 bridgehead atoms. The summed E-state index contributed by atoms with van der Waals surface area (Å²) < 4.78 is 6.13. The molecular formula is C44H37N3O2. The number of aliphatic hydroxyl groups excluding tert-OH is 1. The number of aliphatic hydroxyl groups is 1. The summed E-state index contributed by atoms with van der Waals surface area (Å²) in [7, 11) is 0. The van der Waals surface area contributed by atoms with Gasteiger partial charge in [0.15, 0.2) is 23.8 Å². The predicted molar refractivity (Wildman–Crippen MR) is 196 cm³/mol. The van der Waals surface area contributed by atoms with Crippen LogP contribution in [-0.2, 0) is 10.8 Å². The average Bonchev–Trinajstić information content (AvgIpc) is 3.37. The number of para-hydroxylation sites is 1. The Morgan fingerprint density at radius 2 is 1.10 bits per heavy atom. The summed E-state index contributed by atoms with van der Waals surface area (Å²) >= 11 is 0. The molecule has 6 aromatic rings. The van der Waals surface area contributed by atoms with E-state index in [9.17, 15) is 5.11 Å². The van der Waals surface area contributed by atoms with Gasteiger partial charge in [-0.2, -0.15) is 0 Å². The van der Waals surface area contributed by atoms with E-state index in [-0.39, 0.29) is 5.41 Å². The molecule has 5 aromatic carbocycles. The molecule has 2 atom stereocenters. The molecule has 0 spiro atoms. The minimum Gasteiger partial charge on any atom is -0.465 e. The Bertz CT molecular complexity index is 2180. The van der Waals surface area contributed by atoms with Crippen LogP contribution in [0.15, 0.2) is 151 Å². The highest BCUT2D eigenvalue weighted by Crippen LogP contribution is 2.57. The van der Waals surface area contributed by atoms with Crippen molar-refractivity contribution < 1.29 is 9.84 Å². The van der Waals surface area contributed by atoms with Gasteiger partial charge in [-0.05, 0) is 47.2 Å². The molecule has 2 unspecified atom stereocenters. The lowest BCUT2D eigenvalue weighted by Gasteiger charge is -2.38. The molecule has 0 amide bonds. The number of fused-ring (bicyclic) bond motifs is 3. The van der Waals surface area contributed by atoms with Crippen molar-refractivity contribution in [1.82, 2.24) is 15.0 Å².